The summed E-state index contributed by atoms with van der Waals surface area (Å²) in [4.78, 5) is 13.5. The zero-order valence-corrected chi connectivity index (χ0v) is 11.6. The fourth-order valence-corrected chi connectivity index (χ4v) is 1.95. The quantitative estimate of drug-likeness (QED) is 0.813. The Bertz CT molecular complexity index is 649. The van der Waals surface area contributed by atoms with Crippen LogP contribution in [0.25, 0.3) is 0 Å². The number of rotatable bonds is 4. The van der Waals surface area contributed by atoms with E-state index in [-0.39, 0.29) is 6.54 Å². The van der Waals surface area contributed by atoms with Crippen molar-refractivity contribution in [2.75, 3.05) is 11.4 Å². The molecule has 1 amide bonds. The Hall–Kier alpha value is -2.38. The lowest BCUT2D eigenvalue weighted by Crippen LogP contribution is -2.33. The molecule has 0 N–H and O–H groups in total. The van der Waals surface area contributed by atoms with Crippen molar-refractivity contribution in [1.29, 1.82) is 0 Å². The van der Waals surface area contributed by atoms with Crippen molar-refractivity contribution < 1.29 is 22.4 Å². The zero-order valence-electron chi connectivity index (χ0n) is 11.6. The second-order valence-electron chi connectivity index (χ2n) is 4.51. The zero-order chi connectivity index (χ0) is 16.3. The summed E-state index contributed by atoms with van der Waals surface area (Å²) in [6.07, 6.45) is -3.45. The van der Waals surface area contributed by atoms with E-state index >= 15 is 0 Å². The van der Waals surface area contributed by atoms with E-state index in [1.165, 1.54) is 29.2 Å². The molecule has 0 saturated heterocycles. The van der Waals surface area contributed by atoms with Crippen LogP contribution in [0, 0.1) is 5.82 Å². The van der Waals surface area contributed by atoms with Crippen molar-refractivity contribution in [3.8, 4) is 0 Å². The van der Waals surface area contributed by atoms with Gasteiger partial charge in [-0.15, -0.1) is 0 Å². The van der Waals surface area contributed by atoms with Crippen molar-refractivity contribution in [2.45, 2.75) is 19.6 Å². The van der Waals surface area contributed by atoms with Crippen molar-refractivity contribution in [2.24, 2.45) is 0 Å². The van der Waals surface area contributed by atoms with Crippen LogP contribution in [-0.2, 0) is 17.5 Å². The number of anilines is 1. The Morgan fingerprint density at radius 1 is 1.23 bits per heavy atom. The average molecular weight is 315 g/mol. The van der Waals surface area contributed by atoms with Crippen LogP contribution in [0.5, 0.6) is 0 Å². The van der Waals surface area contributed by atoms with E-state index in [0.29, 0.717) is 12.2 Å². The molecule has 1 aromatic heterocycles. The predicted molar refractivity (Wildman–Crippen MR) is 71.7 cm³/mol. The first kappa shape index (κ1) is 16.0. The highest BCUT2D eigenvalue weighted by molar-refractivity contribution is 5.93. The first-order valence-corrected chi connectivity index (χ1v) is 6.48. The van der Waals surface area contributed by atoms with E-state index in [1.807, 2.05) is 0 Å². The highest BCUT2D eigenvalue weighted by Crippen LogP contribution is 2.27. The molecule has 0 fully saturated rings. The largest absolute Gasteiger partial charge is 0.435 e. The molecule has 0 aliphatic rings. The summed E-state index contributed by atoms with van der Waals surface area (Å²) in [5, 5.41) is 3.33. The first-order chi connectivity index (χ1) is 10.3. The topological polar surface area (TPSA) is 38.1 Å². The molecule has 0 spiro atoms. The highest BCUT2D eigenvalue weighted by atomic mass is 19.4. The number of hydrogen-bond donors (Lipinski definition) is 0. The summed E-state index contributed by atoms with van der Waals surface area (Å²) in [7, 11) is 0. The standard InChI is InChI=1S/C14H13F4N3O/c1-2-21(11-5-3-10(15)4-6-11)13(22)9-20-8-7-12(19-20)14(16,17)18/h3-8H,2,9H2,1H3. The number of likely N-dealkylation sites (N-methyl/N-ethyl adjacent to an activating group) is 1. The van der Waals surface area contributed by atoms with Gasteiger partial charge in [-0.1, -0.05) is 0 Å². The van der Waals surface area contributed by atoms with Crippen LogP contribution in [0.4, 0.5) is 23.2 Å². The monoisotopic (exact) mass is 315 g/mol. The van der Waals surface area contributed by atoms with Gasteiger partial charge in [0, 0.05) is 18.4 Å². The maximum Gasteiger partial charge on any atom is 0.435 e. The van der Waals surface area contributed by atoms with Crippen molar-refractivity contribution >= 4 is 11.6 Å². The highest BCUT2D eigenvalue weighted by Gasteiger charge is 2.33. The van der Waals surface area contributed by atoms with Gasteiger partial charge in [0.2, 0.25) is 5.91 Å². The Morgan fingerprint density at radius 2 is 1.86 bits per heavy atom. The van der Waals surface area contributed by atoms with Gasteiger partial charge in [0.25, 0.3) is 0 Å². The molecular weight excluding hydrogens is 302 g/mol. The molecular formula is C14H13F4N3O. The summed E-state index contributed by atoms with van der Waals surface area (Å²) >= 11 is 0. The van der Waals surface area contributed by atoms with Crippen LogP contribution in [0.3, 0.4) is 0 Å². The van der Waals surface area contributed by atoms with Gasteiger partial charge in [-0.3, -0.25) is 9.48 Å². The predicted octanol–water partition coefficient (Wildman–Crippen LogP) is 3.09. The fourth-order valence-electron chi connectivity index (χ4n) is 1.95. The Labute approximate surface area is 124 Å². The maximum absolute atomic E-state index is 12.9. The van der Waals surface area contributed by atoms with Crippen LogP contribution >= 0.6 is 0 Å². The fraction of sp³-hybridized carbons (Fsp3) is 0.286. The van der Waals surface area contributed by atoms with E-state index < -0.39 is 23.6 Å². The third-order valence-corrected chi connectivity index (χ3v) is 2.98. The van der Waals surface area contributed by atoms with Crippen LogP contribution < -0.4 is 4.90 Å². The van der Waals surface area contributed by atoms with E-state index in [9.17, 15) is 22.4 Å². The van der Waals surface area contributed by atoms with E-state index in [2.05, 4.69) is 5.10 Å². The molecule has 0 bridgehead atoms. The molecule has 118 valence electrons. The van der Waals surface area contributed by atoms with Crippen LogP contribution in [-0.4, -0.2) is 22.2 Å². The molecule has 4 nitrogen and oxygen atoms in total. The molecule has 2 rings (SSSR count). The van der Waals surface area contributed by atoms with Crippen molar-refractivity contribution in [3.05, 3.63) is 48.0 Å². The maximum atomic E-state index is 12.9. The SMILES string of the molecule is CCN(C(=O)Cn1ccc(C(F)(F)F)n1)c1ccc(F)cc1. The molecule has 0 aliphatic heterocycles. The second kappa shape index (κ2) is 6.17. The molecule has 22 heavy (non-hydrogen) atoms. The van der Waals surface area contributed by atoms with Crippen molar-refractivity contribution in [1.82, 2.24) is 9.78 Å². The molecule has 1 aromatic carbocycles. The molecule has 0 unspecified atom stereocenters. The number of carbonyl (C=O) groups is 1. The number of amides is 1. The van der Waals surface area contributed by atoms with Crippen LogP contribution in [0.1, 0.15) is 12.6 Å². The number of halogens is 4. The number of aromatic nitrogens is 2. The Balaban J connectivity index is 2.12. The normalized spacial score (nSPS) is 11.5. The van der Waals surface area contributed by atoms with E-state index in [0.717, 1.165) is 16.9 Å². The minimum atomic E-state index is -4.55. The Kier molecular flexibility index (Phi) is 4.48. The smallest absolute Gasteiger partial charge is 0.311 e. The number of nitrogens with zero attached hydrogens (tertiary/aromatic N) is 3. The third kappa shape index (κ3) is 3.63. The van der Waals surface area contributed by atoms with Gasteiger partial charge >= 0.3 is 6.18 Å². The Morgan fingerprint density at radius 3 is 2.36 bits per heavy atom. The molecule has 0 atom stereocenters. The molecule has 0 radical (unpaired) electrons. The van der Waals surface area contributed by atoms with Crippen LogP contribution in [0.2, 0.25) is 0 Å². The van der Waals surface area contributed by atoms with Gasteiger partial charge in [-0.25, -0.2) is 4.39 Å². The number of carbonyl (C=O) groups excluding carboxylic acids is 1. The number of hydrogen-bond acceptors (Lipinski definition) is 2. The van der Waals surface area contributed by atoms with Gasteiger partial charge in [-0.2, -0.15) is 18.3 Å². The summed E-state index contributed by atoms with van der Waals surface area (Å²) in [5.41, 5.74) is -0.581. The summed E-state index contributed by atoms with van der Waals surface area (Å²) < 4.78 is 51.2. The summed E-state index contributed by atoms with van der Waals surface area (Å²) in [5.74, 6) is -0.875. The lowest BCUT2D eigenvalue weighted by atomic mass is 10.2. The van der Waals surface area contributed by atoms with Gasteiger partial charge in [0.05, 0.1) is 0 Å². The van der Waals surface area contributed by atoms with Gasteiger partial charge < -0.3 is 4.90 Å². The lowest BCUT2D eigenvalue weighted by molar-refractivity contribution is -0.141. The van der Waals surface area contributed by atoms with Gasteiger partial charge in [0.15, 0.2) is 5.69 Å². The third-order valence-electron chi connectivity index (χ3n) is 2.98. The number of alkyl halides is 3. The molecule has 0 saturated carbocycles. The average Bonchev–Trinajstić information content (AvgIpc) is 2.90. The number of benzene rings is 1. The van der Waals surface area contributed by atoms with E-state index in [4.69, 9.17) is 0 Å². The van der Waals surface area contributed by atoms with Gasteiger partial charge in [-0.05, 0) is 37.3 Å². The molecule has 1 heterocycles. The molecule has 8 heteroatoms. The minimum Gasteiger partial charge on any atom is -0.311 e. The first-order valence-electron chi connectivity index (χ1n) is 6.48. The van der Waals surface area contributed by atoms with Gasteiger partial charge in [0.1, 0.15) is 12.4 Å². The molecule has 2 aromatic rings. The summed E-state index contributed by atoms with van der Waals surface area (Å²) in [6, 6.07) is 6.09. The minimum absolute atomic E-state index is 0.303. The second-order valence-corrected chi connectivity index (χ2v) is 4.51. The summed E-state index contributed by atoms with van der Waals surface area (Å²) in [6.45, 7) is 1.69. The van der Waals surface area contributed by atoms with Crippen molar-refractivity contribution in [3.63, 3.8) is 0 Å². The van der Waals surface area contributed by atoms with E-state index in [1.54, 1.807) is 6.92 Å². The van der Waals surface area contributed by atoms with Crippen LogP contribution in [0.15, 0.2) is 36.5 Å². The molecule has 0 aliphatic carbocycles. The lowest BCUT2D eigenvalue weighted by Gasteiger charge is -2.21.